The molecule has 9 nitrogen and oxygen atoms in total. The number of nitrogens with one attached hydrogen (secondary N) is 3. The normalized spacial score (nSPS) is 13.6. The third kappa shape index (κ3) is 7.87. The highest BCUT2D eigenvalue weighted by molar-refractivity contribution is 8.00. The highest BCUT2D eigenvalue weighted by Gasteiger charge is 2.27. The minimum absolute atomic E-state index is 0.000813. The van der Waals surface area contributed by atoms with Gasteiger partial charge in [0, 0.05) is 16.1 Å². The van der Waals surface area contributed by atoms with Crippen molar-refractivity contribution in [3.8, 4) is 0 Å². The maximum absolute atomic E-state index is 13.4. The minimum atomic E-state index is -0.525. The third-order valence-electron chi connectivity index (χ3n) is 6.46. The fourth-order valence-electron chi connectivity index (χ4n) is 4.28. The fraction of sp³-hybridized carbons (Fsp3) is 0.0882. The summed E-state index contributed by atoms with van der Waals surface area (Å²) in [6, 6.07) is 33.9. The molecule has 1 unspecified atom stereocenters. The van der Waals surface area contributed by atoms with Gasteiger partial charge in [-0.3, -0.25) is 19.2 Å². The quantitative estimate of drug-likeness (QED) is 0.174. The van der Waals surface area contributed by atoms with Crippen LogP contribution >= 0.6 is 11.8 Å². The average molecular weight is 604 g/mol. The molecule has 0 spiro atoms. The van der Waals surface area contributed by atoms with Gasteiger partial charge in [0.05, 0.1) is 17.4 Å². The molecule has 5 rings (SSSR count). The van der Waals surface area contributed by atoms with Crippen LogP contribution in [0, 0.1) is 0 Å². The first kappa shape index (κ1) is 30.0. The zero-order valence-electron chi connectivity index (χ0n) is 23.8. The number of anilines is 2. The summed E-state index contributed by atoms with van der Waals surface area (Å²) >= 11 is 1.29. The van der Waals surface area contributed by atoms with Gasteiger partial charge in [0.25, 0.3) is 17.7 Å². The molecule has 0 fully saturated rings. The molecule has 0 bridgehead atoms. The zero-order chi connectivity index (χ0) is 30.9. The van der Waals surface area contributed by atoms with Crippen molar-refractivity contribution in [3.05, 3.63) is 132 Å². The van der Waals surface area contributed by atoms with Crippen molar-refractivity contribution in [3.63, 3.8) is 0 Å². The highest BCUT2D eigenvalue weighted by atomic mass is 32.2. The Kier molecular flexibility index (Phi) is 9.63. The van der Waals surface area contributed by atoms with E-state index in [9.17, 15) is 19.2 Å². The van der Waals surface area contributed by atoms with E-state index >= 15 is 0 Å². The summed E-state index contributed by atoms with van der Waals surface area (Å²) < 4.78 is 0. The molecular weight excluding hydrogens is 574 g/mol. The average Bonchev–Trinajstić information content (AvgIpc) is 3.41. The molecule has 1 heterocycles. The Morgan fingerprint density at radius 1 is 0.841 bits per heavy atom. The van der Waals surface area contributed by atoms with Crippen molar-refractivity contribution in [2.45, 2.75) is 23.5 Å². The number of hydrogen-bond donors (Lipinski definition) is 3. The number of hydrogen-bond acceptors (Lipinski definition) is 6. The summed E-state index contributed by atoms with van der Waals surface area (Å²) in [5.74, 6) is -1.16. The van der Waals surface area contributed by atoms with Crippen molar-refractivity contribution in [2.75, 3.05) is 10.3 Å². The summed E-state index contributed by atoms with van der Waals surface area (Å²) in [7, 11) is 0. The van der Waals surface area contributed by atoms with Crippen LogP contribution in [0.3, 0.4) is 0 Å². The van der Waals surface area contributed by atoms with E-state index in [1.807, 2.05) is 60.7 Å². The van der Waals surface area contributed by atoms with E-state index in [1.54, 1.807) is 67.6 Å². The van der Waals surface area contributed by atoms with Gasteiger partial charge in [0.15, 0.2) is 0 Å². The smallest absolute Gasteiger partial charge is 0.272 e. The number of carbonyl (C=O) groups is 4. The Hall–Kier alpha value is -5.48. The van der Waals surface area contributed by atoms with E-state index in [0.29, 0.717) is 16.9 Å². The molecule has 0 aromatic heterocycles. The van der Waals surface area contributed by atoms with E-state index in [-0.39, 0.29) is 29.8 Å². The van der Waals surface area contributed by atoms with Gasteiger partial charge in [-0.1, -0.05) is 72.8 Å². The molecule has 1 atom stereocenters. The lowest BCUT2D eigenvalue weighted by Gasteiger charge is -2.14. The summed E-state index contributed by atoms with van der Waals surface area (Å²) in [4.78, 5) is 52.3. The van der Waals surface area contributed by atoms with Gasteiger partial charge in [-0.2, -0.15) is 10.1 Å². The predicted octanol–water partition coefficient (Wildman–Crippen LogP) is 5.44. The van der Waals surface area contributed by atoms with Crippen molar-refractivity contribution in [1.29, 1.82) is 0 Å². The fourth-order valence-corrected chi connectivity index (χ4v) is 5.20. The van der Waals surface area contributed by atoms with Crippen molar-refractivity contribution < 1.29 is 19.2 Å². The largest absolute Gasteiger partial charge is 0.321 e. The van der Waals surface area contributed by atoms with E-state index in [1.165, 1.54) is 16.8 Å². The lowest BCUT2D eigenvalue weighted by Crippen LogP contribution is -2.35. The first-order chi connectivity index (χ1) is 21.4. The van der Waals surface area contributed by atoms with Crippen LogP contribution in [-0.2, 0) is 14.4 Å². The van der Waals surface area contributed by atoms with Crippen LogP contribution in [0.15, 0.2) is 131 Å². The summed E-state index contributed by atoms with van der Waals surface area (Å²) in [6.07, 6.45) is 1.61. The van der Waals surface area contributed by atoms with Gasteiger partial charge in [0.2, 0.25) is 5.91 Å². The van der Waals surface area contributed by atoms with Crippen LogP contribution in [0.1, 0.15) is 29.3 Å². The van der Waals surface area contributed by atoms with Gasteiger partial charge in [-0.05, 0) is 61.0 Å². The molecule has 0 saturated carbocycles. The minimum Gasteiger partial charge on any atom is -0.321 e. The lowest BCUT2D eigenvalue weighted by molar-refractivity contribution is -0.119. The third-order valence-corrected chi connectivity index (χ3v) is 7.55. The zero-order valence-corrected chi connectivity index (χ0v) is 24.6. The number of benzene rings is 4. The molecule has 220 valence electrons. The number of amidine groups is 1. The number of rotatable bonds is 9. The Labute approximate surface area is 259 Å². The van der Waals surface area contributed by atoms with E-state index < -0.39 is 17.1 Å². The molecule has 0 aliphatic carbocycles. The van der Waals surface area contributed by atoms with Crippen LogP contribution in [0.25, 0.3) is 6.08 Å². The van der Waals surface area contributed by atoms with Crippen LogP contribution in [0.4, 0.5) is 11.4 Å². The molecule has 0 radical (unpaired) electrons. The van der Waals surface area contributed by atoms with Gasteiger partial charge < -0.3 is 16.0 Å². The van der Waals surface area contributed by atoms with Gasteiger partial charge >= 0.3 is 0 Å². The Balaban J connectivity index is 1.24. The molecule has 4 amide bonds. The van der Waals surface area contributed by atoms with Crippen LogP contribution in [-0.4, -0.2) is 34.7 Å². The number of carbonyl (C=O) groups excluding carboxylic acids is 4. The molecule has 44 heavy (non-hydrogen) atoms. The Bertz CT molecular complexity index is 1730. The van der Waals surface area contributed by atoms with Crippen LogP contribution < -0.4 is 21.0 Å². The number of para-hydroxylation sites is 1. The van der Waals surface area contributed by atoms with Crippen molar-refractivity contribution >= 4 is 58.7 Å². The Morgan fingerprint density at radius 2 is 1.50 bits per heavy atom. The summed E-state index contributed by atoms with van der Waals surface area (Å²) in [6.45, 7) is 1.75. The monoisotopic (exact) mass is 603 g/mol. The maximum atomic E-state index is 13.4. The standard InChI is InChI=1S/C34H29N5O4S/c1-23(32(41)37-30-22-31(40)39(38-30)27-17-9-4-10-18-27)44-28-19-11-16-26(21-28)35-34(43)29(20-24-12-5-2-6-13-24)36-33(42)25-14-7-3-8-15-25/h2-21,23H,22H2,1H3,(H,35,43)(H,36,42)(H,37,38,41)/b29-20-. The first-order valence-corrected chi connectivity index (χ1v) is 14.7. The summed E-state index contributed by atoms with van der Waals surface area (Å²) in [5.41, 5.74) is 2.36. The summed E-state index contributed by atoms with van der Waals surface area (Å²) in [5, 5.41) is 13.4. The number of hydrazone groups is 1. The molecule has 4 aromatic carbocycles. The molecule has 1 aliphatic rings. The van der Waals surface area contributed by atoms with E-state index in [0.717, 1.165) is 10.5 Å². The number of thioether (sulfide) groups is 1. The second kappa shape index (κ2) is 14.1. The molecule has 10 heteroatoms. The number of nitrogens with zero attached hydrogens (tertiary/aromatic N) is 2. The van der Waals surface area contributed by atoms with Gasteiger partial charge in [-0.15, -0.1) is 11.8 Å². The topological polar surface area (TPSA) is 120 Å². The molecular formula is C34H29N5O4S. The van der Waals surface area contributed by atoms with Crippen molar-refractivity contribution in [1.82, 2.24) is 10.6 Å². The Morgan fingerprint density at radius 3 is 2.20 bits per heavy atom. The van der Waals surface area contributed by atoms with Gasteiger partial charge in [-0.25, -0.2) is 0 Å². The lowest BCUT2D eigenvalue weighted by atomic mass is 10.1. The highest BCUT2D eigenvalue weighted by Crippen LogP contribution is 2.27. The first-order valence-electron chi connectivity index (χ1n) is 13.8. The van der Waals surface area contributed by atoms with E-state index in [2.05, 4.69) is 21.1 Å². The number of amides is 4. The van der Waals surface area contributed by atoms with Crippen LogP contribution in [0.5, 0.6) is 0 Å². The van der Waals surface area contributed by atoms with E-state index in [4.69, 9.17) is 0 Å². The molecule has 4 aromatic rings. The SMILES string of the molecule is CC(Sc1cccc(NC(=O)/C(=C/c2ccccc2)NC(=O)c2ccccc2)c1)C(=O)NC1=NN(c2ccccc2)C(=O)C1. The van der Waals surface area contributed by atoms with Gasteiger partial charge in [0.1, 0.15) is 11.5 Å². The maximum Gasteiger partial charge on any atom is 0.272 e. The van der Waals surface area contributed by atoms with Crippen molar-refractivity contribution in [2.24, 2.45) is 5.10 Å². The molecule has 0 saturated heterocycles. The second-order valence-electron chi connectivity index (χ2n) is 9.78. The second-order valence-corrected chi connectivity index (χ2v) is 11.2. The molecule has 3 N–H and O–H groups in total. The van der Waals surface area contributed by atoms with Crippen LogP contribution in [0.2, 0.25) is 0 Å². The predicted molar refractivity (Wildman–Crippen MR) is 173 cm³/mol. The molecule has 1 aliphatic heterocycles.